The molecule has 7 heteroatoms. The van der Waals surface area contributed by atoms with Crippen LogP contribution in [0.15, 0.2) is 53.4 Å². The molecule has 0 spiro atoms. The Morgan fingerprint density at radius 2 is 2.11 bits per heavy atom. The number of anilines is 1. The summed E-state index contributed by atoms with van der Waals surface area (Å²) in [6.07, 6.45) is 2.10. The van der Waals surface area contributed by atoms with E-state index in [-0.39, 0.29) is 11.9 Å². The number of hydrogen-bond donors (Lipinski definition) is 1. The van der Waals surface area contributed by atoms with Crippen molar-refractivity contribution in [3.8, 4) is 6.07 Å². The van der Waals surface area contributed by atoms with Crippen LogP contribution in [0.2, 0.25) is 0 Å². The fourth-order valence-electron chi connectivity index (χ4n) is 3.51. The number of hydrogen-bond acceptors (Lipinski definition) is 6. The smallest absolute Gasteiger partial charge is 0.238 e. The van der Waals surface area contributed by atoms with Crippen LogP contribution in [0.3, 0.4) is 0 Å². The molecule has 1 aliphatic heterocycles. The van der Waals surface area contributed by atoms with Gasteiger partial charge in [0.15, 0.2) is 0 Å². The summed E-state index contributed by atoms with van der Waals surface area (Å²) in [5, 5.41) is 12.9. The minimum Gasteiger partial charge on any atom is -0.324 e. The molecule has 1 fully saturated rings. The highest BCUT2D eigenvalue weighted by molar-refractivity contribution is 7.99. The normalized spacial score (nSPS) is 16.9. The predicted molar refractivity (Wildman–Crippen MR) is 115 cm³/mol. The SMILES string of the molecule is N#CCSc1ccccc1NC(=O)CN1CCC[C@H]1c1nc2ccccc2s1. The zero-order chi connectivity index (χ0) is 19.3. The highest BCUT2D eigenvalue weighted by Crippen LogP contribution is 2.36. The summed E-state index contributed by atoms with van der Waals surface area (Å²) in [7, 11) is 0. The average Bonchev–Trinajstić information content (AvgIpc) is 3.33. The van der Waals surface area contributed by atoms with Crippen molar-refractivity contribution in [2.45, 2.75) is 23.8 Å². The van der Waals surface area contributed by atoms with Gasteiger partial charge in [-0.05, 0) is 43.7 Å². The zero-order valence-corrected chi connectivity index (χ0v) is 16.9. The molecule has 1 saturated heterocycles. The van der Waals surface area contributed by atoms with Gasteiger partial charge < -0.3 is 5.32 Å². The van der Waals surface area contributed by atoms with Crippen molar-refractivity contribution in [2.75, 3.05) is 24.2 Å². The molecule has 1 aliphatic rings. The number of nitriles is 1. The van der Waals surface area contributed by atoms with Gasteiger partial charge in [-0.25, -0.2) is 4.98 Å². The van der Waals surface area contributed by atoms with Crippen LogP contribution in [0.5, 0.6) is 0 Å². The number of carbonyl (C=O) groups excluding carboxylic acids is 1. The van der Waals surface area contributed by atoms with E-state index in [1.807, 2.05) is 42.5 Å². The lowest BCUT2D eigenvalue weighted by Crippen LogP contribution is -2.33. The Hall–Kier alpha value is -2.40. The van der Waals surface area contributed by atoms with E-state index in [9.17, 15) is 4.79 Å². The summed E-state index contributed by atoms with van der Waals surface area (Å²) in [5.41, 5.74) is 1.80. The maximum Gasteiger partial charge on any atom is 0.238 e. The van der Waals surface area contributed by atoms with Crippen LogP contribution >= 0.6 is 23.1 Å². The van der Waals surface area contributed by atoms with Crippen LogP contribution in [0.25, 0.3) is 10.2 Å². The van der Waals surface area contributed by atoms with Gasteiger partial charge in [-0.2, -0.15) is 5.26 Å². The third kappa shape index (κ3) is 4.20. The number of rotatable bonds is 6. The Balaban J connectivity index is 1.45. The third-order valence-electron chi connectivity index (χ3n) is 4.76. The van der Waals surface area contributed by atoms with Crippen molar-refractivity contribution in [3.63, 3.8) is 0 Å². The van der Waals surface area contributed by atoms with Crippen LogP contribution in [0.4, 0.5) is 5.69 Å². The second-order valence-electron chi connectivity index (χ2n) is 6.64. The van der Waals surface area contributed by atoms with Gasteiger partial charge in [0, 0.05) is 4.90 Å². The molecular weight excluding hydrogens is 388 g/mol. The van der Waals surface area contributed by atoms with E-state index in [2.05, 4.69) is 22.4 Å². The molecule has 2 heterocycles. The van der Waals surface area contributed by atoms with Crippen LogP contribution < -0.4 is 5.32 Å². The molecule has 0 radical (unpaired) electrons. The molecular formula is C21H20N4OS2. The molecule has 5 nitrogen and oxygen atoms in total. The molecule has 4 rings (SSSR count). The number of amides is 1. The van der Waals surface area contributed by atoms with Gasteiger partial charge >= 0.3 is 0 Å². The summed E-state index contributed by atoms with van der Waals surface area (Å²) in [4.78, 5) is 20.6. The number of nitrogens with zero attached hydrogens (tertiary/aromatic N) is 3. The first-order valence-electron chi connectivity index (χ1n) is 9.23. The molecule has 1 N–H and O–H groups in total. The number of carbonyl (C=O) groups is 1. The van der Waals surface area contributed by atoms with Gasteiger partial charge in [-0.3, -0.25) is 9.69 Å². The Labute approximate surface area is 172 Å². The molecule has 1 atom stereocenters. The molecule has 1 aromatic heterocycles. The number of benzene rings is 2. The van der Waals surface area contributed by atoms with Gasteiger partial charge in [0.1, 0.15) is 5.01 Å². The molecule has 142 valence electrons. The molecule has 0 saturated carbocycles. The number of fused-ring (bicyclic) bond motifs is 1. The highest BCUT2D eigenvalue weighted by Gasteiger charge is 2.30. The molecule has 2 aromatic carbocycles. The van der Waals surface area contributed by atoms with E-state index < -0.39 is 0 Å². The number of nitrogens with one attached hydrogen (secondary N) is 1. The van der Waals surface area contributed by atoms with Crippen LogP contribution in [-0.2, 0) is 4.79 Å². The largest absolute Gasteiger partial charge is 0.324 e. The minimum absolute atomic E-state index is 0.0296. The molecule has 1 amide bonds. The zero-order valence-electron chi connectivity index (χ0n) is 15.3. The van der Waals surface area contributed by atoms with Crippen molar-refractivity contribution in [2.24, 2.45) is 0 Å². The molecule has 0 bridgehead atoms. The van der Waals surface area contributed by atoms with Crippen molar-refractivity contribution in [3.05, 3.63) is 53.5 Å². The lowest BCUT2D eigenvalue weighted by molar-refractivity contribution is -0.117. The monoisotopic (exact) mass is 408 g/mol. The summed E-state index contributed by atoms with van der Waals surface area (Å²) in [6.45, 7) is 1.25. The second kappa shape index (κ2) is 8.74. The summed E-state index contributed by atoms with van der Waals surface area (Å²) >= 11 is 3.16. The fourth-order valence-corrected chi connectivity index (χ4v) is 5.31. The van der Waals surface area contributed by atoms with E-state index in [4.69, 9.17) is 10.2 Å². The Bertz CT molecular complexity index is 993. The third-order valence-corrected chi connectivity index (χ3v) is 6.84. The number of thioether (sulfide) groups is 1. The maximum atomic E-state index is 12.7. The Kier molecular flexibility index (Phi) is 5.91. The first-order chi connectivity index (χ1) is 13.7. The van der Waals surface area contributed by atoms with Crippen molar-refractivity contribution >= 4 is 44.9 Å². The fraction of sp³-hybridized carbons (Fsp3) is 0.286. The number of aromatic nitrogens is 1. The summed E-state index contributed by atoms with van der Waals surface area (Å²) in [5.74, 6) is 0.330. The maximum absolute atomic E-state index is 12.7. The second-order valence-corrected chi connectivity index (χ2v) is 8.72. The lowest BCUT2D eigenvalue weighted by atomic mass is 10.2. The van der Waals surface area contributed by atoms with Gasteiger partial charge in [-0.1, -0.05) is 24.3 Å². The predicted octanol–water partition coefficient (Wildman–Crippen LogP) is 4.69. The molecule has 3 aromatic rings. The average molecular weight is 409 g/mol. The molecule has 0 unspecified atom stereocenters. The van der Waals surface area contributed by atoms with Crippen molar-refractivity contribution in [1.82, 2.24) is 9.88 Å². The lowest BCUT2D eigenvalue weighted by Gasteiger charge is -2.22. The molecule has 0 aliphatic carbocycles. The van der Waals surface area contributed by atoms with Crippen molar-refractivity contribution in [1.29, 1.82) is 5.26 Å². The van der Waals surface area contributed by atoms with Crippen LogP contribution in [-0.4, -0.2) is 34.6 Å². The molecule has 28 heavy (non-hydrogen) atoms. The number of thiazole rings is 1. The standard InChI is InChI=1S/C21H20N4OS2/c22-11-13-27-18-9-3-1-6-15(18)23-20(26)14-25-12-5-8-17(25)21-24-16-7-2-4-10-19(16)28-21/h1-4,6-7,9-10,17H,5,8,12-14H2,(H,23,26)/t17-/m0/s1. The van der Waals surface area contributed by atoms with E-state index in [0.717, 1.165) is 40.5 Å². The van der Waals surface area contributed by atoms with Crippen molar-refractivity contribution < 1.29 is 4.79 Å². The van der Waals surface area contributed by atoms with Gasteiger partial charge in [-0.15, -0.1) is 23.1 Å². The van der Waals surface area contributed by atoms with E-state index in [0.29, 0.717) is 12.3 Å². The highest BCUT2D eigenvalue weighted by atomic mass is 32.2. The quantitative estimate of drug-likeness (QED) is 0.600. The Morgan fingerprint density at radius 3 is 2.96 bits per heavy atom. The topological polar surface area (TPSA) is 69.0 Å². The first-order valence-corrected chi connectivity index (χ1v) is 11.0. The van der Waals surface area contributed by atoms with Crippen LogP contribution in [0.1, 0.15) is 23.9 Å². The van der Waals surface area contributed by atoms with E-state index >= 15 is 0 Å². The number of likely N-dealkylation sites (tertiary alicyclic amines) is 1. The van der Waals surface area contributed by atoms with Gasteiger partial charge in [0.25, 0.3) is 0 Å². The van der Waals surface area contributed by atoms with Crippen LogP contribution in [0, 0.1) is 11.3 Å². The summed E-state index contributed by atoms with van der Waals surface area (Å²) < 4.78 is 1.19. The minimum atomic E-state index is -0.0296. The van der Waals surface area contributed by atoms with Gasteiger partial charge in [0.2, 0.25) is 5.91 Å². The van der Waals surface area contributed by atoms with E-state index in [1.165, 1.54) is 16.5 Å². The summed E-state index contributed by atoms with van der Waals surface area (Å²) in [6, 6.07) is 18.1. The Morgan fingerprint density at radius 1 is 1.29 bits per heavy atom. The first kappa shape index (κ1) is 18.9. The van der Waals surface area contributed by atoms with E-state index in [1.54, 1.807) is 11.3 Å². The van der Waals surface area contributed by atoms with Gasteiger partial charge in [0.05, 0.1) is 40.3 Å². The number of para-hydroxylation sites is 2.